The van der Waals surface area contributed by atoms with E-state index in [1.165, 1.54) is 11.0 Å². The van der Waals surface area contributed by atoms with Crippen molar-refractivity contribution in [3.63, 3.8) is 0 Å². The molecule has 1 aromatic rings. The highest BCUT2D eigenvalue weighted by Crippen LogP contribution is 2.44. The molecule has 5 heteroatoms. The second-order valence-electron chi connectivity index (χ2n) is 5.14. The Morgan fingerprint density at radius 2 is 1.83 bits per heavy atom. The third-order valence-corrected chi connectivity index (χ3v) is 3.73. The molecule has 0 unspecified atom stereocenters. The molecule has 0 spiro atoms. The van der Waals surface area contributed by atoms with Crippen molar-refractivity contribution in [3.8, 4) is 0 Å². The molecule has 1 aromatic carbocycles. The lowest BCUT2D eigenvalue weighted by atomic mass is 9.88. The smallest absolute Gasteiger partial charge is 0.260 e. The number of β-amino-alcohol motifs (C(OH)–C–C–N with tert-alkyl or cyclic N) is 1. The topological polar surface area (TPSA) is 40.5 Å². The predicted octanol–water partition coefficient (Wildman–Crippen LogP) is 1.56. The van der Waals surface area contributed by atoms with Crippen LogP contribution in [0.5, 0.6) is 0 Å². The van der Waals surface area contributed by atoms with Crippen LogP contribution < -0.4 is 0 Å². The van der Waals surface area contributed by atoms with Gasteiger partial charge in [-0.05, 0) is 30.9 Å². The number of hydrogen-bond donors (Lipinski definition) is 1. The van der Waals surface area contributed by atoms with Gasteiger partial charge in [0.15, 0.2) is 0 Å². The molecule has 0 aromatic heterocycles. The van der Waals surface area contributed by atoms with Gasteiger partial charge >= 0.3 is 0 Å². The van der Waals surface area contributed by atoms with Gasteiger partial charge in [-0.1, -0.05) is 6.07 Å². The summed E-state index contributed by atoms with van der Waals surface area (Å²) in [5.74, 6) is -2.16. The van der Waals surface area contributed by atoms with Gasteiger partial charge in [0.2, 0.25) is 0 Å². The van der Waals surface area contributed by atoms with Crippen LogP contribution in [0.25, 0.3) is 0 Å². The van der Waals surface area contributed by atoms with E-state index in [2.05, 4.69) is 0 Å². The highest BCUT2D eigenvalue weighted by atomic mass is 19.1. The van der Waals surface area contributed by atoms with Crippen molar-refractivity contribution >= 4 is 5.91 Å². The number of nitrogens with zero attached hydrogens (tertiary/aromatic N) is 1. The minimum Gasteiger partial charge on any atom is -0.386 e. The van der Waals surface area contributed by atoms with Crippen LogP contribution >= 0.6 is 0 Å². The zero-order valence-corrected chi connectivity index (χ0v) is 9.70. The Labute approximate surface area is 103 Å². The molecule has 1 saturated carbocycles. The number of aliphatic hydroxyl groups is 1. The molecular formula is C13H13F2NO2. The molecule has 1 saturated heterocycles. The van der Waals surface area contributed by atoms with Gasteiger partial charge in [-0.25, -0.2) is 8.78 Å². The van der Waals surface area contributed by atoms with Crippen molar-refractivity contribution in [3.05, 3.63) is 35.4 Å². The number of likely N-dealkylation sites (tertiary alicyclic amines) is 1. The Bertz CT molecular complexity index is 487. The number of rotatable bonds is 2. The summed E-state index contributed by atoms with van der Waals surface area (Å²) < 4.78 is 26.9. The van der Waals surface area contributed by atoms with Crippen LogP contribution in [0.2, 0.25) is 0 Å². The quantitative estimate of drug-likeness (QED) is 0.869. The van der Waals surface area contributed by atoms with Crippen LogP contribution in [-0.2, 0) is 0 Å². The van der Waals surface area contributed by atoms with Crippen molar-refractivity contribution < 1.29 is 18.7 Å². The van der Waals surface area contributed by atoms with Crippen LogP contribution in [0.4, 0.5) is 8.78 Å². The minimum absolute atomic E-state index is 0.171. The maximum absolute atomic E-state index is 13.4. The first-order chi connectivity index (χ1) is 8.51. The van der Waals surface area contributed by atoms with Crippen molar-refractivity contribution in [2.45, 2.75) is 18.4 Å². The number of carbonyl (C=O) groups is 1. The number of carbonyl (C=O) groups excluding carboxylic acids is 1. The van der Waals surface area contributed by atoms with Crippen LogP contribution in [0.1, 0.15) is 23.2 Å². The number of hydrogen-bond acceptors (Lipinski definition) is 2. The summed E-state index contributed by atoms with van der Waals surface area (Å²) in [4.78, 5) is 13.2. The van der Waals surface area contributed by atoms with Gasteiger partial charge in [0, 0.05) is 0 Å². The molecule has 1 aliphatic heterocycles. The maximum atomic E-state index is 13.4. The zero-order chi connectivity index (χ0) is 12.9. The Balaban J connectivity index is 1.76. The molecule has 0 atom stereocenters. The summed E-state index contributed by atoms with van der Waals surface area (Å²) in [5, 5.41) is 10.1. The molecule has 2 fully saturated rings. The zero-order valence-electron chi connectivity index (χ0n) is 9.70. The number of amides is 1. The molecule has 18 heavy (non-hydrogen) atoms. The van der Waals surface area contributed by atoms with Gasteiger partial charge in [0.25, 0.3) is 5.91 Å². The average molecular weight is 253 g/mol. The summed E-state index contributed by atoms with van der Waals surface area (Å²) >= 11 is 0. The molecule has 1 aliphatic carbocycles. The van der Waals surface area contributed by atoms with Gasteiger partial charge in [0.05, 0.1) is 13.1 Å². The first kappa shape index (κ1) is 11.6. The maximum Gasteiger partial charge on any atom is 0.260 e. The third-order valence-electron chi connectivity index (χ3n) is 3.73. The second kappa shape index (κ2) is 3.75. The predicted molar refractivity (Wildman–Crippen MR) is 59.9 cm³/mol. The minimum atomic E-state index is -0.859. The molecule has 1 heterocycles. The first-order valence-corrected chi connectivity index (χ1v) is 5.97. The van der Waals surface area contributed by atoms with E-state index in [1.807, 2.05) is 0 Å². The monoisotopic (exact) mass is 253 g/mol. The Morgan fingerprint density at radius 1 is 1.28 bits per heavy atom. The van der Waals surface area contributed by atoms with E-state index >= 15 is 0 Å². The Hall–Kier alpha value is -1.49. The van der Waals surface area contributed by atoms with Crippen LogP contribution in [0.3, 0.4) is 0 Å². The fourth-order valence-corrected chi connectivity index (χ4v) is 2.50. The number of benzene rings is 1. The lowest BCUT2D eigenvalue weighted by molar-refractivity contribution is -0.0960. The fraction of sp³-hybridized carbons (Fsp3) is 0.462. The van der Waals surface area contributed by atoms with Crippen molar-refractivity contribution in [2.75, 3.05) is 13.1 Å². The van der Waals surface area contributed by atoms with E-state index in [1.54, 1.807) is 0 Å². The molecule has 0 bridgehead atoms. The van der Waals surface area contributed by atoms with Crippen molar-refractivity contribution in [2.24, 2.45) is 5.92 Å². The highest BCUT2D eigenvalue weighted by molar-refractivity contribution is 5.95. The molecule has 1 amide bonds. The van der Waals surface area contributed by atoms with E-state index in [-0.39, 0.29) is 19.0 Å². The van der Waals surface area contributed by atoms with E-state index in [0.29, 0.717) is 0 Å². The van der Waals surface area contributed by atoms with Gasteiger partial charge in [-0.2, -0.15) is 0 Å². The van der Waals surface area contributed by atoms with E-state index in [0.717, 1.165) is 25.0 Å². The van der Waals surface area contributed by atoms with Gasteiger partial charge in [0.1, 0.15) is 22.8 Å². The van der Waals surface area contributed by atoms with Crippen LogP contribution in [0.15, 0.2) is 18.2 Å². The lowest BCUT2D eigenvalue weighted by Gasteiger charge is -2.47. The number of halogens is 2. The third kappa shape index (κ3) is 1.70. The molecular weight excluding hydrogens is 240 g/mol. The molecule has 96 valence electrons. The standard InChI is InChI=1S/C13H13F2NO2/c14-9-2-1-3-10(15)11(9)12(17)16-6-13(18,7-16)8-4-5-8/h1-3,8,18H,4-7H2. The van der Waals surface area contributed by atoms with E-state index < -0.39 is 28.7 Å². The SMILES string of the molecule is O=C(c1c(F)cccc1F)N1CC(O)(C2CC2)C1. The molecule has 2 aliphatic rings. The Kier molecular flexibility index (Phi) is 2.41. The molecule has 3 nitrogen and oxygen atoms in total. The Morgan fingerprint density at radius 3 is 2.33 bits per heavy atom. The van der Waals surface area contributed by atoms with Gasteiger partial charge in [-0.3, -0.25) is 4.79 Å². The summed E-state index contributed by atoms with van der Waals surface area (Å²) in [5.41, 5.74) is -1.37. The van der Waals surface area contributed by atoms with E-state index in [9.17, 15) is 18.7 Å². The summed E-state index contributed by atoms with van der Waals surface area (Å²) in [6.07, 6.45) is 1.93. The van der Waals surface area contributed by atoms with Crippen LogP contribution in [-0.4, -0.2) is 34.6 Å². The average Bonchev–Trinajstić information content (AvgIpc) is 3.08. The summed E-state index contributed by atoms with van der Waals surface area (Å²) in [6, 6.07) is 3.34. The molecule has 1 N–H and O–H groups in total. The largest absolute Gasteiger partial charge is 0.386 e. The summed E-state index contributed by atoms with van der Waals surface area (Å²) in [7, 11) is 0. The summed E-state index contributed by atoms with van der Waals surface area (Å²) in [6.45, 7) is 0.342. The van der Waals surface area contributed by atoms with Crippen LogP contribution in [0, 0.1) is 17.6 Å². The first-order valence-electron chi connectivity index (χ1n) is 5.97. The lowest BCUT2D eigenvalue weighted by Crippen LogP contribution is -2.64. The van der Waals surface area contributed by atoms with Gasteiger partial charge in [-0.15, -0.1) is 0 Å². The fourth-order valence-electron chi connectivity index (χ4n) is 2.50. The van der Waals surface area contributed by atoms with Crippen molar-refractivity contribution in [1.82, 2.24) is 4.90 Å². The molecule has 0 radical (unpaired) electrons. The normalized spacial score (nSPS) is 21.6. The van der Waals surface area contributed by atoms with E-state index in [4.69, 9.17) is 0 Å². The van der Waals surface area contributed by atoms with Gasteiger partial charge < -0.3 is 10.0 Å². The molecule has 3 rings (SSSR count). The second-order valence-corrected chi connectivity index (χ2v) is 5.14. The van der Waals surface area contributed by atoms with Crippen molar-refractivity contribution in [1.29, 1.82) is 0 Å². The highest BCUT2D eigenvalue weighted by Gasteiger charge is 2.53.